The number of nitrogens with zero attached hydrogens (tertiary/aromatic N) is 2. The molecular weight excluding hydrogens is 372 g/mol. The fourth-order valence-electron chi connectivity index (χ4n) is 2.59. The van der Waals surface area contributed by atoms with Crippen molar-refractivity contribution in [3.8, 4) is 0 Å². The Labute approximate surface area is 149 Å². The van der Waals surface area contributed by atoms with E-state index in [0.29, 0.717) is 12.1 Å². The highest BCUT2D eigenvalue weighted by molar-refractivity contribution is 9.10. The first-order valence-corrected chi connectivity index (χ1v) is 8.54. The third-order valence-electron chi connectivity index (χ3n) is 3.87. The average molecular weight is 391 g/mol. The molecule has 5 nitrogen and oxygen atoms in total. The Balaban J connectivity index is 2.30. The monoisotopic (exact) mass is 390 g/mol. The second-order valence-corrected chi connectivity index (χ2v) is 6.35. The van der Waals surface area contributed by atoms with Crippen LogP contribution in [-0.2, 0) is 0 Å². The van der Waals surface area contributed by atoms with Crippen LogP contribution in [-0.4, -0.2) is 22.3 Å². The molecule has 0 radical (unpaired) electrons. The second kappa shape index (κ2) is 8.06. The predicted octanol–water partition coefficient (Wildman–Crippen LogP) is 4.97. The van der Waals surface area contributed by atoms with Crippen LogP contribution in [0, 0.1) is 10.1 Å². The van der Waals surface area contributed by atoms with Gasteiger partial charge in [-0.3, -0.25) is 14.9 Å². The van der Waals surface area contributed by atoms with E-state index in [1.54, 1.807) is 4.90 Å². The van der Waals surface area contributed by atoms with Gasteiger partial charge < -0.3 is 4.90 Å². The van der Waals surface area contributed by atoms with E-state index < -0.39 is 4.92 Å². The molecule has 6 heteroatoms. The molecule has 1 amide bonds. The summed E-state index contributed by atoms with van der Waals surface area (Å²) in [6.45, 7) is 4.61. The normalized spacial score (nSPS) is 11.8. The summed E-state index contributed by atoms with van der Waals surface area (Å²) in [5.74, 6) is -0.130. The van der Waals surface area contributed by atoms with Crippen molar-refractivity contribution < 1.29 is 9.72 Å². The third-order valence-corrected chi connectivity index (χ3v) is 4.60. The minimum atomic E-state index is -0.470. The van der Waals surface area contributed by atoms with Crippen molar-refractivity contribution in [1.82, 2.24) is 4.90 Å². The molecule has 126 valence electrons. The van der Waals surface area contributed by atoms with E-state index in [-0.39, 0.29) is 17.6 Å². The summed E-state index contributed by atoms with van der Waals surface area (Å²) in [5.41, 5.74) is 1.46. The molecule has 0 bridgehead atoms. The minimum Gasteiger partial charge on any atom is -0.332 e. The van der Waals surface area contributed by atoms with E-state index in [1.807, 2.05) is 38.1 Å². The molecule has 0 aromatic heterocycles. The lowest BCUT2D eigenvalue weighted by atomic mass is 10.0. The topological polar surface area (TPSA) is 63.5 Å². The van der Waals surface area contributed by atoms with Gasteiger partial charge in [-0.1, -0.05) is 41.1 Å². The molecule has 1 atom stereocenters. The van der Waals surface area contributed by atoms with Crippen LogP contribution in [0.4, 0.5) is 5.69 Å². The zero-order chi connectivity index (χ0) is 17.7. The average Bonchev–Trinajstić information content (AvgIpc) is 2.59. The molecule has 1 unspecified atom stereocenters. The van der Waals surface area contributed by atoms with Crippen molar-refractivity contribution in [3.63, 3.8) is 0 Å². The lowest BCUT2D eigenvalue weighted by Crippen LogP contribution is -2.34. The smallest absolute Gasteiger partial charge is 0.269 e. The van der Waals surface area contributed by atoms with Crippen LogP contribution in [0.25, 0.3) is 0 Å². The quantitative estimate of drug-likeness (QED) is 0.516. The van der Waals surface area contributed by atoms with Crippen LogP contribution in [0.3, 0.4) is 0 Å². The van der Waals surface area contributed by atoms with Crippen LogP contribution in [0.15, 0.2) is 53.0 Å². The molecule has 0 heterocycles. The fraction of sp³-hybridized carbons (Fsp3) is 0.278. The van der Waals surface area contributed by atoms with E-state index in [9.17, 15) is 14.9 Å². The Morgan fingerprint density at radius 1 is 1.21 bits per heavy atom. The van der Waals surface area contributed by atoms with Crippen LogP contribution in [0.5, 0.6) is 0 Å². The molecule has 0 aliphatic carbocycles. The highest BCUT2D eigenvalue weighted by Gasteiger charge is 2.23. The number of carbonyl (C=O) groups is 1. The molecule has 0 N–H and O–H groups in total. The zero-order valence-corrected chi connectivity index (χ0v) is 15.2. The van der Waals surface area contributed by atoms with Gasteiger partial charge in [-0.15, -0.1) is 0 Å². The Kier molecular flexibility index (Phi) is 6.09. The standard InChI is InChI=1S/C18H19BrN2O3/c1-3-12-20(13(2)16-6-4-5-7-17(16)19)18(22)14-8-10-15(11-9-14)21(23)24/h4-11,13H,3,12H2,1-2H3. The summed E-state index contributed by atoms with van der Waals surface area (Å²) in [4.78, 5) is 25.0. The SMILES string of the molecule is CCCN(C(=O)c1ccc([N+](=O)[O-])cc1)C(C)c1ccccc1Br. The van der Waals surface area contributed by atoms with Gasteiger partial charge in [0.1, 0.15) is 0 Å². The number of benzene rings is 2. The summed E-state index contributed by atoms with van der Waals surface area (Å²) in [5, 5.41) is 10.8. The molecule has 0 spiro atoms. The Morgan fingerprint density at radius 2 is 1.83 bits per heavy atom. The van der Waals surface area contributed by atoms with E-state index in [1.165, 1.54) is 24.3 Å². The Hall–Kier alpha value is -2.21. The van der Waals surface area contributed by atoms with Crippen molar-refractivity contribution in [2.24, 2.45) is 0 Å². The van der Waals surface area contributed by atoms with Crippen molar-refractivity contribution >= 4 is 27.5 Å². The first-order valence-electron chi connectivity index (χ1n) is 7.75. The molecular formula is C18H19BrN2O3. The van der Waals surface area contributed by atoms with Gasteiger partial charge in [0.15, 0.2) is 0 Å². The largest absolute Gasteiger partial charge is 0.332 e. The zero-order valence-electron chi connectivity index (χ0n) is 13.6. The van der Waals surface area contributed by atoms with E-state index in [2.05, 4.69) is 15.9 Å². The summed E-state index contributed by atoms with van der Waals surface area (Å²) in [7, 11) is 0. The van der Waals surface area contributed by atoms with Gasteiger partial charge >= 0.3 is 0 Å². The van der Waals surface area contributed by atoms with Gasteiger partial charge in [0, 0.05) is 28.7 Å². The van der Waals surface area contributed by atoms with E-state index in [4.69, 9.17) is 0 Å². The van der Waals surface area contributed by atoms with Crippen LogP contribution in [0.1, 0.15) is 42.2 Å². The van der Waals surface area contributed by atoms with Crippen LogP contribution >= 0.6 is 15.9 Å². The number of amides is 1. The number of nitro benzene ring substituents is 1. The minimum absolute atomic E-state index is 0.0209. The van der Waals surface area contributed by atoms with Crippen molar-refractivity contribution in [2.75, 3.05) is 6.54 Å². The summed E-state index contributed by atoms with van der Waals surface area (Å²) in [6, 6.07) is 13.4. The first kappa shape index (κ1) is 18.1. The van der Waals surface area contributed by atoms with Crippen molar-refractivity contribution in [3.05, 3.63) is 74.2 Å². The molecule has 2 aromatic carbocycles. The second-order valence-electron chi connectivity index (χ2n) is 5.50. The number of nitro groups is 1. The molecule has 0 aliphatic rings. The van der Waals surface area contributed by atoms with Gasteiger partial charge in [-0.25, -0.2) is 0 Å². The number of carbonyl (C=O) groups excluding carboxylic acids is 1. The number of hydrogen-bond donors (Lipinski definition) is 0. The number of hydrogen-bond acceptors (Lipinski definition) is 3. The van der Waals surface area contributed by atoms with E-state index >= 15 is 0 Å². The molecule has 0 aliphatic heterocycles. The van der Waals surface area contributed by atoms with Gasteiger partial charge in [0.05, 0.1) is 11.0 Å². The van der Waals surface area contributed by atoms with Gasteiger partial charge in [0.2, 0.25) is 0 Å². The Bertz CT molecular complexity index is 731. The fourth-order valence-corrected chi connectivity index (χ4v) is 3.20. The maximum absolute atomic E-state index is 12.9. The number of halogens is 1. The predicted molar refractivity (Wildman–Crippen MR) is 97.0 cm³/mol. The number of non-ortho nitro benzene ring substituents is 1. The first-order chi connectivity index (χ1) is 11.5. The number of rotatable bonds is 6. The van der Waals surface area contributed by atoms with Gasteiger partial charge in [-0.2, -0.15) is 0 Å². The summed E-state index contributed by atoms with van der Waals surface area (Å²) in [6.07, 6.45) is 0.827. The highest BCUT2D eigenvalue weighted by atomic mass is 79.9. The lowest BCUT2D eigenvalue weighted by Gasteiger charge is -2.30. The van der Waals surface area contributed by atoms with E-state index in [0.717, 1.165) is 16.5 Å². The lowest BCUT2D eigenvalue weighted by molar-refractivity contribution is -0.384. The van der Waals surface area contributed by atoms with Crippen molar-refractivity contribution in [2.45, 2.75) is 26.3 Å². The van der Waals surface area contributed by atoms with Crippen LogP contribution < -0.4 is 0 Å². The Morgan fingerprint density at radius 3 is 2.38 bits per heavy atom. The molecule has 0 fully saturated rings. The molecule has 0 saturated carbocycles. The summed E-state index contributed by atoms with van der Waals surface area (Å²) >= 11 is 3.53. The highest BCUT2D eigenvalue weighted by Crippen LogP contribution is 2.29. The van der Waals surface area contributed by atoms with Crippen LogP contribution in [0.2, 0.25) is 0 Å². The maximum atomic E-state index is 12.9. The van der Waals surface area contributed by atoms with Crippen molar-refractivity contribution in [1.29, 1.82) is 0 Å². The third kappa shape index (κ3) is 4.00. The molecule has 0 saturated heterocycles. The van der Waals surface area contributed by atoms with Gasteiger partial charge in [0.25, 0.3) is 11.6 Å². The van der Waals surface area contributed by atoms with Gasteiger partial charge in [-0.05, 0) is 37.1 Å². The molecule has 2 rings (SSSR count). The molecule has 24 heavy (non-hydrogen) atoms. The molecule has 2 aromatic rings. The summed E-state index contributed by atoms with van der Waals surface area (Å²) < 4.78 is 0.954. The maximum Gasteiger partial charge on any atom is 0.269 e.